The first-order chi connectivity index (χ1) is 10.0. The minimum Gasteiger partial charge on any atom is -0.451 e. The number of nitrogens with two attached hydrogens (primary N) is 1. The van der Waals surface area contributed by atoms with Crippen LogP contribution in [0.15, 0.2) is 51.4 Å². The molecule has 0 saturated heterocycles. The van der Waals surface area contributed by atoms with Gasteiger partial charge in [-0.3, -0.25) is 4.79 Å². The number of rotatable bonds is 2. The summed E-state index contributed by atoms with van der Waals surface area (Å²) in [5.74, 6) is -0.0269. The lowest BCUT2D eigenvalue weighted by Gasteiger charge is -2.07. The van der Waals surface area contributed by atoms with E-state index in [2.05, 4.69) is 21.2 Å². The number of amides is 1. The van der Waals surface area contributed by atoms with Crippen LogP contribution in [0.5, 0.6) is 0 Å². The van der Waals surface area contributed by atoms with E-state index < -0.39 is 0 Å². The summed E-state index contributed by atoms with van der Waals surface area (Å²) in [7, 11) is 0. The number of halogens is 1. The second kappa shape index (κ2) is 5.26. The molecular formula is C16H13BrN2O2. The van der Waals surface area contributed by atoms with Crippen LogP contribution in [0.2, 0.25) is 0 Å². The summed E-state index contributed by atoms with van der Waals surface area (Å²) in [6, 6.07) is 12.7. The van der Waals surface area contributed by atoms with E-state index in [4.69, 9.17) is 10.2 Å². The molecule has 0 bridgehead atoms. The highest BCUT2D eigenvalue weighted by molar-refractivity contribution is 9.10. The second-order valence-corrected chi connectivity index (χ2v) is 5.74. The van der Waals surface area contributed by atoms with Gasteiger partial charge in [0, 0.05) is 21.2 Å². The summed E-state index contributed by atoms with van der Waals surface area (Å²) in [5, 5.41) is 3.66. The van der Waals surface area contributed by atoms with E-state index in [0.717, 1.165) is 21.1 Å². The minimum absolute atomic E-state index is 0.259. The van der Waals surface area contributed by atoms with Gasteiger partial charge in [-0.05, 0) is 48.9 Å². The lowest BCUT2D eigenvalue weighted by molar-refractivity contribution is 0.0998. The van der Waals surface area contributed by atoms with E-state index in [-0.39, 0.29) is 11.7 Å². The Bertz CT molecular complexity index is 839. The standard InChI is InChI=1S/C16H13BrN2O2/c1-9-2-3-11(17)8-13(9)19-16(20)15-7-10-6-12(18)4-5-14(10)21-15/h2-8H,18H2,1H3,(H,19,20). The van der Waals surface area contributed by atoms with Crippen molar-refractivity contribution in [2.24, 2.45) is 0 Å². The zero-order valence-electron chi connectivity index (χ0n) is 11.3. The molecule has 2 aromatic carbocycles. The number of carbonyl (C=O) groups excluding carboxylic acids is 1. The van der Waals surface area contributed by atoms with E-state index in [0.29, 0.717) is 11.3 Å². The maximum absolute atomic E-state index is 12.3. The number of hydrogen-bond donors (Lipinski definition) is 2. The Kier molecular flexibility index (Phi) is 3.43. The van der Waals surface area contributed by atoms with Gasteiger partial charge in [-0.15, -0.1) is 0 Å². The first-order valence-electron chi connectivity index (χ1n) is 6.39. The number of anilines is 2. The Morgan fingerprint density at radius 3 is 2.81 bits per heavy atom. The van der Waals surface area contributed by atoms with Crippen molar-refractivity contribution in [2.75, 3.05) is 11.1 Å². The van der Waals surface area contributed by atoms with Crippen LogP contribution in [0.1, 0.15) is 16.1 Å². The van der Waals surface area contributed by atoms with Crippen molar-refractivity contribution in [2.45, 2.75) is 6.92 Å². The highest BCUT2D eigenvalue weighted by atomic mass is 79.9. The number of furan rings is 1. The second-order valence-electron chi connectivity index (χ2n) is 4.82. The SMILES string of the molecule is Cc1ccc(Br)cc1NC(=O)c1cc2cc(N)ccc2o1. The highest BCUT2D eigenvalue weighted by Gasteiger charge is 2.13. The van der Waals surface area contributed by atoms with Crippen LogP contribution in [-0.4, -0.2) is 5.91 Å². The van der Waals surface area contributed by atoms with E-state index >= 15 is 0 Å². The third-order valence-corrected chi connectivity index (χ3v) is 3.71. The predicted octanol–water partition coefficient (Wildman–Crippen LogP) is 4.34. The maximum atomic E-state index is 12.3. The number of fused-ring (bicyclic) bond motifs is 1. The van der Waals surface area contributed by atoms with Crippen LogP contribution in [0.4, 0.5) is 11.4 Å². The Hall–Kier alpha value is -2.27. The Labute approximate surface area is 130 Å². The number of aryl methyl sites for hydroxylation is 1. The molecule has 0 unspecified atom stereocenters. The fourth-order valence-electron chi connectivity index (χ4n) is 2.09. The van der Waals surface area contributed by atoms with Gasteiger partial charge in [0.2, 0.25) is 0 Å². The van der Waals surface area contributed by atoms with Crippen LogP contribution in [-0.2, 0) is 0 Å². The van der Waals surface area contributed by atoms with Gasteiger partial charge in [0.05, 0.1) is 0 Å². The number of carbonyl (C=O) groups is 1. The van der Waals surface area contributed by atoms with Gasteiger partial charge in [-0.2, -0.15) is 0 Å². The summed E-state index contributed by atoms with van der Waals surface area (Å²) in [6.45, 7) is 1.93. The number of nitrogen functional groups attached to an aromatic ring is 1. The molecule has 3 rings (SSSR count). The summed E-state index contributed by atoms with van der Waals surface area (Å²) in [5.41, 5.74) is 8.72. The topological polar surface area (TPSA) is 68.3 Å². The predicted molar refractivity (Wildman–Crippen MR) is 87.5 cm³/mol. The van der Waals surface area contributed by atoms with Gasteiger partial charge in [0.1, 0.15) is 5.58 Å². The van der Waals surface area contributed by atoms with Crippen molar-refractivity contribution in [1.82, 2.24) is 0 Å². The molecule has 21 heavy (non-hydrogen) atoms. The molecule has 0 aliphatic carbocycles. The first-order valence-corrected chi connectivity index (χ1v) is 7.19. The third-order valence-electron chi connectivity index (χ3n) is 3.21. The molecule has 0 aliphatic rings. The monoisotopic (exact) mass is 344 g/mol. The quantitative estimate of drug-likeness (QED) is 0.679. The summed E-state index contributed by atoms with van der Waals surface area (Å²) >= 11 is 3.39. The van der Waals surface area contributed by atoms with Gasteiger partial charge in [-0.25, -0.2) is 0 Å². The zero-order valence-corrected chi connectivity index (χ0v) is 12.9. The smallest absolute Gasteiger partial charge is 0.291 e. The average molecular weight is 345 g/mol. The van der Waals surface area contributed by atoms with Crippen LogP contribution in [0.25, 0.3) is 11.0 Å². The molecule has 3 aromatic rings. The summed E-state index contributed by atoms with van der Waals surface area (Å²) in [4.78, 5) is 12.3. The highest BCUT2D eigenvalue weighted by Crippen LogP contribution is 2.24. The molecule has 0 spiro atoms. The number of benzene rings is 2. The molecule has 4 nitrogen and oxygen atoms in total. The average Bonchev–Trinajstić information content (AvgIpc) is 2.86. The van der Waals surface area contributed by atoms with E-state index in [1.165, 1.54) is 0 Å². The van der Waals surface area contributed by atoms with Crippen LogP contribution in [0, 0.1) is 6.92 Å². The van der Waals surface area contributed by atoms with Gasteiger partial charge < -0.3 is 15.5 Å². The lowest BCUT2D eigenvalue weighted by Crippen LogP contribution is -2.11. The number of hydrogen-bond acceptors (Lipinski definition) is 3. The van der Waals surface area contributed by atoms with Crippen molar-refractivity contribution in [1.29, 1.82) is 0 Å². The molecule has 0 fully saturated rings. The normalized spacial score (nSPS) is 10.8. The molecule has 5 heteroatoms. The van der Waals surface area contributed by atoms with Crippen molar-refractivity contribution in [3.05, 3.63) is 58.3 Å². The van der Waals surface area contributed by atoms with Crippen LogP contribution >= 0.6 is 15.9 Å². The van der Waals surface area contributed by atoms with E-state index in [1.807, 2.05) is 25.1 Å². The van der Waals surface area contributed by atoms with Gasteiger partial charge in [0.15, 0.2) is 5.76 Å². The first kappa shape index (κ1) is 13.7. The van der Waals surface area contributed by atoms with Gasteiger partial charge >= 0.3 is 0 Å². The van der Waals surface area contributed by atoms with Crippen LogP contribution < -0.4 is 11.1 Å². The van der Waals surface area contributed by atoms with E-state index in [9.17, 15) is 4.79 Å². The third kappa shape index (κ3) is 2.78. The fourth-order valence-corrected chi connectivity index (χ4v) is 2.45. The van der Waals surface area contributed by atoms with Gasteiger partial charge in [-0.1, -0.05) is 22.0 Å². The van der Waals surface area contributed by atoms with Crippen molar-refractivity contribution >= 4 is 44.2 Å². The molecule has 0 saturated carbocycles. The largest absolute Gasteiger partial charge is 0.451 e. The minimum atomic E-state index is -0.286. The molecule has 1 heterocycles. The molecule has 0 aliphatic heterocycles. The van der Waals surface area contributed by atoms with Crippen molar-refractivity contribution in [3.63, 3.8) is 0 Å². The molecule has 0 radical (unpaired) electrons. The van der Waals surface area contributed by atoms with Gasteiger partial charge in [0.25, 0.3) is 5.91 Å². The molecule has 0 atom stereocenters. The van der Waals surface area contributed by atoms with Crippen molar-refractivity contribution < 1.29 is 9.21 Å². The maximum Gasteiger partial charge on any atom is 0.291 e. The molecule has 1 aromatic heterocycles. The molecule has 106 valence electrons. The Morgan fingerprint density at radius 2 is 2.00 bits per heavy atom. The Morgan fingerprint density at radius 1 is 1.19 bits per heavy atom. The number of nitrogens with one attached hydrogen (secondary N) is 1. The van der Waals surface area contributed by atoms with Crippen molar-refractivity contribution in [3.8, 4) is 0 Å². The fraction of sp³-hybridized carbons (Fsp3) is 0.0625. The lowest BCUT2D eigenvalue weighted by atomic mass is 10.2. The molecule has 1 amide bonds. The Balaban J connectivity index is 1.91. The van der Waals surface area contributed by atoms with E-state index in [1.54, 1.807) is 24.3 Å². The summed E-state index contributed by atoms with van der Waals surface area (Å²) < 4.78 is 6.45. The summed E-state index contributed by atoms with van der Waals surface area (Å²) in [6.07, 6.45) is 0. The zero-order chi connectivity index (χ0) is 15.0. The molecule has 3 N–H and O–H groups in total. The molecular weight excluding hydrogens is 332 g/mol. The van der Waals surface area contributed by atoms with Crippen LogP contribution in [0.3, 0.4) is 0 Å².